The van der Waals surface area contributed by atoms with Crippen LogP contribution in [0.15, 0.2) is 16.6 Å². The van der Waals surface area contributed by atoms with E-state index in [1.54, 1.807) is 0 Å². The minimum absolute atomic E-state index is 0.0347. The van der Waals surface area contributed by atoms with Crippen molar-refractivity contribution in [2.24, 2.45) is 0 Å². The fraction of sp³-hybridized carbons (Fsp3) is 0. The Labute approximate surface area is 76.8 Å². The van der Waals surface area contributed by atoms with E-state index in [9.17, 15) is 12.5 Å². The van der Waals surface area contributed by atoms with E-state index in [0.29, 0.717) is 4.35 Å². The topological polar surface area (TPSA) is 17.1 Å². The Morgan fingerprint density at radius 3 is 2.55 bits per heavy atom. The van der Waals surface area contributed by atoms with Gasteiger partial charge in [0.2, 0.25) is 0 Å². The monoisotopic (exact) mass is 282 g/mol. The Balaban J connectivity index is 3.36. The quantitative estimate of drug-likeness (QED) is 0.562. The van der Waals surface area contributed by atoms with Gasteiger partial charge >= 0.3 is 76.7 Å². The van der Waals surface area contributed by atoms with E-state index in [0.717, 1.165) is 6.07 Å². The molecule has 1 rings (SSSR count). The molecule has 0 saturated carbocycles. The molecule has 0 aliphatic rings. The van der Waals surface area contributed by atoms with Crippen LogP contribution in [0.3, 0.4) is 0 Å². The Bertz CT molecular complexity index is 303. The molecule has 1 nitrogen and oxygen atoms in total. The van der Waals surface area contributed by atoms with Gasteiger partial charge in [-0.1, -0.05) is 0 Å². The molecule has 58 valence electrons. The molecule has 0 spiro atoms. The first-order valence-corrected chi connectivity index (χ1v) is 5.13. The second-order valence-electron chi connectivity index (χ2n) is 1.79. The van der Waals surface area contributed by atoms with E-state index in [1.807, 2.05) is 0 Å². The van der Waals surface area contributed by atoms with Crippen molar-refractivity contribution in [2.75, 3.05) is 0 Å². The molecule has 0 aliphatic heterocycles. The van der Waals surface area contributed by atoms with Gasteiger partial charge < -0.3 is 0 Å². The Morgan fingerprint density at radius 2 is 2.00 bits per heavy atom. The van der Waals surface area contributed by atoms with Crippen LogP contribution in [0.5, 0.6) is 0 Å². The van der Waals surface area contributed by atoms with Crippen LogP contribution >= 0.6 is 15.9 Å². The van der Waals surface area contributed by atoms with Crippen molar-refractivity contribution < 1.29 is 12.5 Å². The summed E-state index contributed by atoms with van der Waals surface area (Å²) in [6, 6.07) is 2.26. The molecule has 0 aromatic heterocycles. The van der Waals surface area contributed by atoms with Crippen LogP contribution in [0.2, 0.25) is 0 Å². The van der Waals surface area contributed by atoms with Crippen molar-refractivity contribution >= 4 is 36.0 Å². The molecule has 0 bridgehead atoms. The molecule has 5 heteroatoms. The van der Waals surface area contributed by atoms with Crippen molar-refractivity contribution in [3.63, 3.8) is 0 Å². The summed E-state index contributed by atoms with van der Waals surface area (Å²) in [4.78, 5) is 0. The zero-order valence-corrected chi connectivity index (χ0v) is 8.61. The predicted octanol–water partition coefficient (Wildman–Crippen LogP) is 1.40. The van der Waals surface area contributed by atoms with Crippen molar-refractivity contribution in [2.45, 2.75) is 0 Å². The molecule has 11 heavy (non-hydrogen) atoms. The van der Waals surface area contributed by atoms with Gasteiger partial charge in [-0.2, -0.15) is 0 Å². The fourth-order valence-corrected chi connectivity index (χ4v) is 1.94. The predicted molar refractivity (Wildman–Crippen MR) is 40.1 cm³/mol. The molecule has 1 aromatic rings. The van der Waals surface area contributed by atoms with Crippen LogP contribution in [-0.2, 0) is 3.74 Å². The van der Waals surface area contributed by atoms with Crippen molar-refractivity contribution in [3.05, 3.63) is 28.2 Å². The van der Waals surface area contributed by atoms with Crippen LogP contribution in [-0.4, -0.2) is 15.7 Å². The third kappa shape index (κ3) is 1.74. The molecule has 0 N–H and O–H groups in total. The molecule has 0 saturated heterocycles. The maximum atomic E-state index is 12.6. The molecule has 0 radical (unpaired) electrons. The van der Waals surface area contributed by atoms with Crippen LogP contribution in [0.25, 0.3) is 0 Å². The molecular formula is C6H2AsBrF2O. The van der Waals surface area contributed by atoms with Crippen LogP contribution in [0.1, 0.15) is 0 Å². The Hall–Kier alpha value is -0.0816. The van der Waals surface area contributed by atoms with E-state index in [2.05, 4.69) is 15.9 Å². The number of hydrogen-bond donors (Lipinski definition) is 0. The summed E-state index contributed by atoms with van der Waals surface area (Å²) in [6.45, 7) is 0. The van der Waals surface area contributed by atoms with Crippen LogP contribution in [0.4, 0.5) is 8.78 Å². The second-order valence-corrected chi connectivity index (χ2v) is 3.97. The van der Waals surface area contributed by atoms with Crippen LogP contribution in [0, 0.1) is 11.6 Å². The van der Waals surface area contributed by atoms with Crippen molar-refractivity contribution in [1.82, 2.24) is 0 Å². The zero-order valence-electron chi connectivity index (χ0n) is 5.14. The van der Waals surface area contributed by atoms with Gasteiger partial charge in [0.1, 0.15) is 0 Å². The Kier molecular flexibility index (Phi) is 2.90. The van der Waals surface area contributed by atoms with Gasteiger partial charge in [-0.3, -0.25) is 0 Å². The number of rotatable bonds is 1. The van der Waals surface area contributed by atoms with Gasteiger partial charge in [-0.05, 0) is 0 Å². The fourth-order valence-electron chi connectivity index (χ4n) is 0.586. The third-order valence-electron chi connectivity index (χ3n) is 1.11. The van der Waals surface area contributed by atoms with Gasteiger partial charge in [-0.15, -0.1) is 0 Å². The van der Waals surface area contributed by atoms with Gasteiger partial charge in [0.25, 0.3) is 0 Å². The summed E-state index contributed by atoms with van der Waals surface area (Å²) < 4.78 is 35.7. The summed E-state index contributed by atoms with van der Waals surface area (Å²) >= 11 is 1.49. The molecule has 0 unspecified atom stereocenters. The molecule has 0 aliphatic carbocycles. The van der Waals surface area contributed by atoms with E-state index in [-0.39, 0.29) is 4.47 Å². The number of halogens is 3. The van der Waals surface area contributed by atoms with Gasteiger partial charge in [0, 0.05) is 0 Å². The molecule has 0 fully saturated rings. The molecule has 1 aromatic carbocycles. The minimum atomic E-state index is -1.31. The maximum absolute atomic E-state index is 12.6. The normalized spacial score (nSPS) is 10.5. The standard InChI is InChI=1S/C6H2AsBrF2O/c8-5-3(7-11)1-2-4(9)6(5)10/h1-2H. The summed E-state index contributed by atoms with van der Waals surface area (Å²) in [6.07, 6.45) is 0. The van der Waals surface area contributed by atoms with E-state index in [1.165, 1.54) is 6.07 Å². The van der Waals surface area contributed by atoms with Gasteiger partial charge in [0.05, 0.1) is 0 Å². The third-order valence-corrected chi connectivity index (χ3v) is 3.75. The van der Waals surface area contributed by atoms with Gasteiger partial charge in [-0.25, -0.2) is 0 Å². The summed E-state index contributed by atoms with van der Waals surface area (Å²) in [5.74, 6) is -1.91. The van der Waals surface area contributed by atoms with E-state index < -0.39 is 27.3 Å². The number of hydrogen-bond acceptors (Lipinski definition) is 1. The Morgan fingerprint density at radius 1 is 1.36 bits per heavy atom. The molecule has 0 amide bonds. The zero-order chi connectivity index (χ0) is 8.43. The molecule has 0 atom stereocenters. The SMILES string of the molecule is O=[As]c1ccc(F)c(F)c1Br. The summed E-state index contributed by atoms with van der Waals surface area (Å²) in [7, 11) is 0. The first kappa shape index (κ1) is 9.01. The molecular weight excluding hydrogens is 281 g/mol. The molecule has 0 heterocycles. The summed E-state index contributed by atoms with van der Waals surface area (Å²) in [5.41, 5.74) is 0. The average molecular weight is 283 g/mol. The van der Waals surface area contributed by atoms with Crippen molar-refractivity contribution in [1.29, 1.82) is 0 Å². The van der Waals surface area contributed by atoms with Gasteiger partial charge in [0.15, 0.2) is 0 Å². The first-order valence-electron chi connectivity index (χ1n) is 2.63. The summed E-state index contributed by atoms with van der Waals surface area (Å²) in [5, 5.41) is 0. The van der Waals surface area contributed by atoms with E-state index >= 15 is 0 Å². The first-order chi connectivity index (χ1) is 5.16. The number of benzene rings is 1. The van der Waals surface area contributed by atoms with Crippen molar-refractivity contribution in [3.8, 4) is 0 Å². The van der Waals surface area contributed by atoms with Crippen LogP contribution < -0.4 is 4.35 Å². The van der Waals surface area contributed by atoms with E-state index in [4.69, 9.17) is 0 Å². The average Bonchev–Trinajstić information content (AvgIpc) is 2.01. The second kappa shape index (κ2) is 3.54.